The van der Waals surface area contributed by atoms with Crippen molar-refractivity contribution in [2.45, 2.75) is 12.8 Å². The average Bonchev–Trinajstić information content (AvgIpc) is 2.73. The lowest BCUT2D eigenvalue weighted by Gasteiger charge is -2.35. The molecule has 3 heterocycles. The second-order valence-corrected chi connectivity index (χ2v) is 6.88. The summed E-state index contributed by atoms with van der Waals surface area (Å²) in [7, 11) is 0. The van der Waals surface area contributed by atoms with E-state index in [0.717, 1.165) is 23.7 Å². The number of ether oxygens (including phenoxy) is 1. The number of hydrogen-bond donors (Lipinski definition) is 0. The number of morpholine rings is 1. The van der Waals surface area contributed by atoms with Crippen molar-refractivity contribution < 1.29 is 14.3 Å². The number of hydrogen-bond acceptors (Lipinski definition) is 4. The molecule has 1 aromatic heterocycles. The highest BCUT2D eigenvalue weighted by Crippen LogP contribution is 2.24. The van der Waals surface area contributed by atoms with Crippen LogP contribution in [0.2, 0.25) is 0 Å². The van der Waals surface area contributed by atoms with Gasteiger partial charge >= 0.3 is 0 Å². The first-order chi connectivity index (χ1) is 12.7. The molecule has 2 amide bonds. The van der Waals surface area contributed by atoms with Crippen LogP contribution in [0.25, 0.3) is 10.9 Å². The summed E-state index contributed by atoms with van der Waals surface area (Å²) in [5, 5.41) is 0.881. The summed E-state index contributed by atoms with van der Waals surface area (Å²) in [4.78, 5) is 33.7. The minimum absolute atomic E-state index is 0.0198. The lowest BCUT2D eigenvalue weighted by Crippen LogP contribution is -2.47. The quantitative estimate of drug-likeness (QED) is 0.828. The van der Waals surface area contributed by atoms with Crippen LogP contribution in [-0.4, -0.2) is 66.0 Å². The molecule has 136 valence electrons. The van der Waals surface area contributed by atoms with Crippen LogP contribution in [0.5, 0.6) is 0 Å². The highest BCUT2D eigenvalue weighted by Gasteiger charge is 2.31. The van der Waals surface area contributed by atoms with Crippen molar-refractivity contribution in [3.8, 4) is 0 Å². The van der Waals surface area contributed by atoms with Crippen molar-refractivity contribution in [3.05, 3.63) is 42.1 Å². The number of carbonyl (C=O) groups excluding carboxylic acids is 2. The molecule has 26 heavy (non-hydrogen) atoms. The summed E-state index contributed by atoms with van der Waals surface area (Å²) in [5.41, 5.74) is 1.52. The fourth-order valence-corrected chi connectivity index (χ4v) is 3.82. The monoisotopic (exact) mass is 353 g/mol. The molecule has 0 saturated carbocycles. The molecule has 6 nitrogen and oxygen atoms in total. The van der Waals surface area contributed by atoms with Crippen LogP contribution < -0.4 is 0 Å². The minimum Gasteiger partial charge on any atom is -0.378 e. The molecule has 6 heteroatoms. The molecule has 0 aliphatic carbocycles. The minimum atomic E-state index is 0.0198. The maximum atomic E-state index is 13.0. The Morgan fingerprint density at radius 2 is 1.69 bits per heavy atom. The molecule has 0 atom stereocenters. The van der Waals surface area contributed by atoms with Gasteiger partial charge in [0.25, 0.3) is 5.91 Å². The molecular formula is C20H23N3O3. The number of benzene rings is 1. The van der Waals surface area contributed by atoms with Crippen molar-refractivity contribution in [1.29, 1.82) is 0 Å². The SMILES string of the molecule is O=C(c1ccnc2ccccc12)N1CCC(C(=O)N2CCOCC2)CC1. The third-order valence-corrected chi connectivity index (χ3v) is 5.33. The van der Waals surface area contributed by atoms with Crippen LogP contribution in [0.3, 0.4) is 0 Å². The number of nitrogens with zero attached hydrogens (tertiary/aromatic N) is 3. The fourth-order valence-electron chi connectivity index (χ4n) is 3.82. The van der Waals surface area contributed by atoms with Crippen LogP contribution >= 0.6 is 0 Å². The second-order valence-electron chi connectivity index (χ2n) is 6.88. The van der Waals surface area contributed by atoms with E-state index >= 15 is 0 Å². The highest BCUT2D eigenvalue weighted by molar-refractivity contribution is 6.06. The van der Waals surface area contributed by atoms with E-state index in [1.165, 1.54) is 0 Å². The second kappa shape index (κ2) is 7.41. The van der Waals surface area contributed by atoms with E-state index in [0.29, 0.717) is 45.0 Å². The summed E-state index contributed by atoms with van der Waals surface area (Å²) in [6.45, 7) is 3.85. The normalized spacial score (nSPS) is 18.9. The maximum absolute atomic E-state index is 13.0. The van der Waals surface area contributed by atoms with Gasteiger partial charge in [-0.25, -0.2) is 0 Å². The van der Waals surface area contributed by atoms with Gasteiger partial charge < -0.3 is 14.5 Å². The molecule has 2 aliphatic rings. The summed E-state index contributed by atoms with van der Waals surface area (Å²) >= 11 is 0. The van der Waals surface area contributed by atoms with Gasteiger partial charge in [-0.1, -0.05) is 18.2 Å². The first kappa shape index (κ1) is 17.0. The number of pyridine rings is 1. The fraction of sp³-hybridized carbons (Fsp3) is 0.450. The van der Waals surface area contributed by atoms with Gasteiger partial charge in [0.05, 0.1) is 24.3 Å². The van der Waals surface area contributed by atoms with Crippen LogP contribution in [0.1, 0.15) is 23.2 Å². The van der Waals surface area contributed by atoms with Crippen LogP contribution in [-0.2, 0) is 9.53 Å². The van der Waals surface area contributed by atoms with Crippen molar-refractivity contribution >= 4 is 22.7 Å². The summed E-state index contributed by atoms with van der Waals surface area (Å²) in [5.74, 6) is 0.266. The molecular weight excluding hydrogens is 330 g/mol. The largest absolute Gasteiger partial charge is 0.378 e. The average molecular weight is 353 g/mol. The topological polar surface area (TPSA) is 62.7 Å². The zero-order valence-electron chi connectivity index (χ0n) is 14.8. The van der Waals surface area contributed by atoms with Crippen LogP contribution in [0, 0.1) is 5.92 Å². The van der Waals surface area contributed by atoms with E-state index in [9.17, 15) is 9.59 Å². The molecule has 2 fully saturated rings. The third kappa shape index (κ3) is 3.29. The van der Waals surface area contributed by atoms with Gasteiger partial charge in [0, 0.05) is 43.7 Å². The zero-order valence-corrected chi connectivity index (χ0v) is 14.8. The Balaban J connectivity index is 1.42. The Labute approximate surface area is 152 Å². The van der Waals surface area contributed by atoms with Gasteiger partial charge in [-0.2, -0.15) is 0 Å². The van der Waals surface area contributed by atoms with E-state index in [1.807, 2.05) is 34.1 Å². The van der Waals surface area contributed by atoms with Crippen LogP contribution in [0.4, 0.5) is 0 Å². The van der Waals surface area contributed by atoms with Gasteiger partial charge in [-0.3, -0.25) is 14.6 Å². The van der Waals surface area contributed by atoms with Crippen molar-refractivity contribution in [1.82, 2.24) is 14.8 Å². The van der Waals surface area contributed by atoms with Crippen molar-refractivity contribution in [2.75, 3.05) is 39.4 Å². The number of fused-ring (bicyclic) bond motifs is 1. The van der Waals surface area contributed by atoms with Gasteiger partial charge in [0.1, 0.15) is 0 Å². The highest BCUT2D eigenvalue weighted by atomic mass is 16.5. The Kier molecular flexibility index (Phi) is 4.84. The number of rotatable bonds is 2. The van der Waals surface area contributed by atoms with Gasteiger partial charge in [-0.15, -0.1) is 0 Å². The van der Waals surface area contributed by atoms with Crippen molar-refractivity contribution in [2.24, 2.45) is 5.92 Å². The van der Waals surface area contributed by atoms with E-state index in [4.69, 9.17) is 4.74 Å². The molecule has 0 spiro atoms. The zero-order chi connectivity index (χ0) is 17.9. The molecule has 2 saturated heterocycles. The summed E-state index contributed by atoms with van der Waals surface area (Å²) < 4.78 is 5.32. The number of aromatic nitrogens is 1. The van der Waals surface area contributed by atoms with E-state index in [2.05, 4.69) is 4.98 Å². The Morgan fingerprint density at radius 3 is 2.46 bits per heavy atom. The maximum Gasteiger partial charge on any atom is 0.254 e. The summed E-state index contributed by atoms with van der Waals surface area (Å²) in [6.07, 6.45) is 3.14. The van der Waals surface area contributed by atoms with E-state index < -0.39 is 0 Å². The Bertz CT molecular complexity index is 804. The lowest BCUT2D eigenvalue weighted by molar-refractivity contribution is -0.141. The molecule has 2 aliphatic heterocycles. The first-order valence-corrected chi connectivity index (χ1v) is 9.23. The predicted molar refractivity (Wildman–Crippen MR) is 97.8 cm³/mol. The number of para-hydroxylation sites is 1. The standard InChI is InChI=1S/C20H23N3O3/c24-19(23-11-13-26-14-12-23)15-6-9-22(10-7-15)20(25)17-5-8-21-18-4-2-1-3-16(17)18/h1-5,8,15H,6-7,9-14H2. The molecule has 0 bridgehead atoms. The molecule has 0 radical (unpaired) electrons. The third-order valence-electron chi connectivity index (χ3n) is 5.33. The number of likely N-dealkylation sites (tertiary alicyclic amines) is 1. The van der Waals surface area contributed by atoms with E-state index in [-0.39, 0.29) is 17.7 Å². The first-order valence-electron chi connectivity index (χ1n) is 9.23. The van der Waals surface area contributed by atoms with Gasteiger partial charge in [0.2, 0.25) is 5.91 Å². The number of piperidine rings is 1. The molecule has 4 rings (SSSR count). The number of carbonyl (C=O) groups is 2. The van der Waals surface area contributed by atoms with E-state index in [1.54, 1.807) is 12.3 Å². The Morgan fingerprint density at radius 1 is 0.962 bits per heavy atom. The smallest absolute Gasteiger partial charge is 0.254 e. The molecule has 0 unspecified atom stereocenters. The molecule has 0 N–H and O–H groups in total. The summed E-state index contributed by atoms with van der Waals surface area (Å²) in [6, 6.07) is 9.49. The Hall–Kier alpha value is -2.47. The van der Waals surface area contributed by atoms with Gasteiger partial charge in [0.15, 0.2) is 0 Å². The lowest BCUT2D eigenvalue weighted by atomic mass is 9.94. The van der Waals surface area contributed by atoms with Gasteiger partial charge in [-0.05, 0) is 25.0 Å². The van der Waals surface area contributed by atoms with Crippen LogP contribution in [0.15, 0.2) is 36.5 Å². The predicted octanol–water partition coefficient (Wildman–Crippen LogP) is 1.95. The van der Waals surface area contributed by atoms with Crippen molar-refractivity contribution in [3.63, 3.8) is 0 Å². The molecule has 2 aromatic rings. The number of amides is 2. The molecule has 1 aromatic carbocycles.